The molecule has 0 amide bonds. The van der Waals surface area contributed by atoms with Gasteiger partial charge in [0.05, 0.1) is 0 Å². The Kier molecular flexibility index (Phi) is 5.49. The average Bonchev–Trinajstić information content (AvgIpc) is 3.18. The average molecular weight is 421 g/mol. The van der Waals surface area contributed by atoms with Gasteiger partial charge in [0.1, 0.15) is 11.6 Å². The normalized spacial score (nSPS) is 18.4. The van der Waals surface area contributed by atoms with Gasteiger partial charge in [0.15, 0.2) is 10.8 Å². The molecule has 0 fully saturated rings. The van der Waals surface area contributed by atoms with Crippen molar-refractivity contribution < 1.29 is 17.6 Å². The Labute approximate surface area is 172 Å². The lowest BCUT2D eigenvalue weighted by Crippen LogP contribution is -2.23. The number of Topliss-reactive ketones (excluding diaryl/α,β-unsaturated/α-hetero) is 1. The predicted molar refractivity (Wildman–Crippen MR) is 111 cm³/mol. The minimum absolute atomic E-state index is 0.0284. The third kappa shape index (κ3) is 4.02. The van der Waals surface area contributed by atoms with E-state index < -0.39 is 26.9 Å². The van der Waals surface area contributed by atoms with Crippen LogP contribution in [-0.2, 0) is 20.0 Å². The predicted octanol–water partition coefficient (Wildman–Crippen LogP) is 4.53. The highest BCUT2D eigenvalue weighted by Crippen LogP contribution is 2.49. The second kappa shape index (κ2) is 7.35. The van der Waals surface area contributed by atoms with Crippen LogP contribution < -0.4 is 0 Å². The summed E-state index contributed by atoms with van der Waals surface area (Å²) in [6, 6.07) is 4.43. The number of fused-ring (bicyclic) bond motifs is 1. The Bertz CT molecular complexity index is 1050. The maximum absolute atomic E-state index is 14.2. The number of halogens is 1. The first-order valence-electron chi connectivity index (χ1n) is 9.98. The summed E-state index contributed by atoms with van der Waals surface area (Å²) in [7, 11) is -3.85. The number of hydrogen-bond donors (Lipinski definition) is 0. The zero-order valence-electron chi connectivity index (χ0n) is 17.9. The molecule has 0 saturated carbocycles. The van der Waals surface area contributed by atoms with Crippen molar-refractivity contribution in [2.24, 2.45) is 0 Å². The van der Waals surface area contributed by atoms with Crippen LogP contribution in [0.5, 0.6) is 0 Å². The van der Waals surface area contributed by atoms with Gasteiger partial charge in [-0.25, -0.2) is 12.8 Å². The molecule has 5 nitrogen and oxygen atoms in total. The van der Waals surface area contributed by atoms with Crippen molar-refractivity contribution in [2.75, 3.05) is 5.75 Å². The highest BCUT2D eigenvalue weighted by molar-refractivity contribution is 7.92. The van der Waals surface area contributed by atoms with Crippen LogP contribution in [0.1, 0.15) is 82.5 Å². The van der Waals surface area contributed by atoms with Gasteiger partial charge in [-0.3, -0.25) is 9.48 Å². The fourth-order valence-corrected chi connectivity index (χ4v) is 5.41. The molecule has 1 heterocycles. The molecule has 3 rings (SSSR count). The number of benzene rings is 1. The van der Waals surface area contributed by atoms with E-state index in [-0.39, 0.29) is 28.6 Å². The van der Waals surface area contributed by atoms with E-state index in [2.05, 4.69) is 5.10 Å². The van der Waals surface area contributed by atoms with Crippen LogP contribution in [0.4, 0.5) is 4.39 Å². The van der Waals surface area contributed by atoms with Gasteiger partial charge >= 0.3 is 0 Å². The maximum atomic E-state index is 14.2. The maximum Gasteiger partial charge on any atom is 0.204 e. The van der Waals surface area contributed by atoms with Crippen molar-refractivity contribution >= 4 is 15.6 Å². The van der Waals surface area contributed by atoms with Gasteiger partial charge in [0.2, 0.25) is 9.84 Å². The van der Waals surface area contributed by atoms with Crippen molar-refractivity contribution in [1.29, 1.82) is 0 Å². The lowest BCUT2D eigenvalue weighted by molar-refractivity contribution is -0.118. The molecule has 1 aromatic carbocycles. The van der Waals surface area contributed by atoms with Crippen LogP contribution in [0.2, 0.25) is 0 Å². The molecular weight excluding hydrogens is 391 g/mol. The van der Waals surface area contributed by atoms with Gasteiger partial charge in [-0.05, 0) is 66.5 Å². The van der Waals surface area contributed by atoms with Gasteiger partial charge in [0.25, 0.3) is 0 Å². The number of hydrogen-bond acceptors (Lipinski definition) is 4. The summed E-state index contributed by atoms with van der Waals surface area (Å²) in [6.07, 6.45) is 2.08. The molecule has 1 aliphatic carbocycles. The number of carbonyl (C=O) groups excluding carboxylic acids is 1. The third-order valence-electron chi connectivity index (χ3n) is 5.74. The van der Waals surface area contributed by atoms with Crippen molar-refractivity contribution in [2.45, 2.75) is 76.3 Å². The molecule has 0 spiro atoms. The van der Waals surface area contributed by atoms with Crippen LogP contribution in [-0.4, -0.2) is 29.7 Å². The Morgan fingerprint density at radius 3 is 2.48 bits per heavy atom. The minimum atomic E-state index is -3.85. The number of carbonyl (C=O) groups is 1. The van der Waals surface area contributed by atoms with Gasteiger partial charge < -0.3 is 0 Å². The van der Waals surface area contributed by atoms with E-state index in [4.69, 9.17) is 0 Å². The quantitative estimate of drug-likeness (QED) is 0.688. The number of rotatable bonds is 6. The summed E-state index contributed by atoms with van der Waals surface area (Å²) in [5.41, 5.74) is 2.00. The number of sulfone groups is 1. The minimum Gasteiger partial charge on any atom is -0.298 e. The highest BCUT2D eigenvalue weighted by atomic mass is 32.2. The van der Waals surface area contributed by atoms with Gasteiger partial charge in [0, 0.05) is 18.2 Å². The van der Waals surface area contributed by atoms with E-state index >= 15 is 0 Å². The molecule has 2 aromatic rings. The number of aromatic nitrogens is 2. The standard InChI is InChI=1S/C22H29FN2O3S/c1-13(2)16-9-15(23)10-18-21(16)17(11-22(18,5)6)19(26)12-29(27,28)20-7-8-25(24-20)14(3)4/h7-10,13-14,17H,11-12H2,1-6H3. The molecule has 7 heteroatoms. The smallest absolute Gasteiger partial charge is 0.204 e. The molecule has 0 saturated heterocycles. The van der Waals surface area contributed by atoms with E-state index in [0.29, 0.717) is 6.42 Å². The molecule has 0 bridgehead atoms. The lowest BCUT2D eigenvalue weighted by atomic mass is 9.85. The molecule has 1 unspecified atom stereocenters. The molecular formula is C22H29FN2O3S. The first kappa shape index (κ1) is 21.7. The Morgan fingerprint density at radius 1 is 1.28 bits per heavy atom. The fourth-order valence-electron chi connectivity index (χ4n) is 4.20. The monoisotopic (exact) mass is 420 g/mol. The largest absolute Gasteiger partial charge is 0.298 e. The van der Waals surface area contributed by atoms with Crippen LogP contribution in [0.25, 0.3) is 0 Å². The number of nitrogens with zero attached hydrogens (tertiary/aromatic N) is 2. The van der Waals surface area contributed by atoms with E-state index in [1.54, 1.807) is 10.9 Å². The molecule has 0 aliphatic heterocycles. The third-order valence-corrected chi connectivity index (χ3v) is 7.26. The van der Waals surface area contributed by atoms with Crippen molar-refractivity contribution in [3.05, 3.63) is 46.9 Å². The molecule has 0 N–H and O–H groups in total. The van der Waals surface area contributed by atoms with Gasteiger partial charge in [-0.2, -0.15) is 5.10 Å². The molecule has 1 aliphatic rings. The molecule has 29 heavy (non-hydrogen) atoms. The molecule has 1 atom stereocenters. The molecule has 1 aromatic heterocycles. The SMILES string of the molecule is CC(C)c1cc(F)cc2c1C(C(=O)CS(=O)(=O)c1ccn(C(C)C)n1)CC2(C)C. The zero-order chi connectivity index (χ0) is 21.7. The second-order valence-electron chi connectivity index (χ2n) is 9.20. The Balaban J connectivity index is 1.97. The van der Waals surface area contributed by atoms with E-state index in [1.165, 1.54) is 18.2 Å². The van der Waals surface area contributed by atoms with Crippen LogP contribution in [0.15, 0.2) is 29.4 Å². The molecule has 158 valence electrons. The first-order chi connectivity index (χ1) is 13.3. The van der Waals surface area contributed by atoms with Gasteiger partial charge in [-0.1, -0.05) is 27.7 Å². The van der Waals surface area contributed by atoms with Crippen molar-refractivity contribution in [3.8, 4) is 0 Å². The molecule has 0 radical (unpaired) electrons. The van der Waals surface area contributed by atoms with Crippen LogP contribution in [0, 0.1) is 5.82 Å². The summed E-state index contributed by atoms with van der Waals surface area (Å²) in [4.78, 5) is 13.2. The summed E-state index contributed by atoms with van der Waals surface area (Å²) in [5, 5.41) is 4.04. The topological polar surface area (TPSA) is 69.0 Å². The van der Waals surface area contributed by atoms with Gasteiger partial charge in [-0.15, -0.1) is 0 Å². The Morgan fingerprint density at radius 2 is 1.93 bits per heavy atom. The summed E-state index contributed by atoms with van der Waals surface area (Å²) in [6.45, 7) is 11.7. The van der Waals surface area contributed by atoms with Crippen LogP contribution >= 0.6 is 0 Å². The summed E-state index contributed by atoms with van der Waals surface area (Å²) in [5.74, 6) is -1.80. The van der Waals surface area contributed by atoms with Crippen molar-refractivity contribution in [1.82, 2.24) is 9.78 Å². The van der Waals surface area contributed by atoms with E-state index in [0.717, 1.165) is 16.7 Å². The van der Waals surface area contributed by atoms with E-state index in [9.17, 15) is 17.6 Å². The van der Waals surface area contributed by atoms with Crippen LogP contribution in [0.3, 0.4) is 0 Å². The first-order valence-corrected chi connectivity index (χ1v) is 11.6. The lowest BCUT2D eigenvalue weighted by Gasteiger charge is -2.20. The fraction of sp³-hybridized carbons (Fsp3) is 0.545. The van der Waals surface area contributed by atoms with E-state index in [1.807, 2.05) is 41.5 Å². The zero-order valence-corrected chi connectivity index (χ0v) is 18.7. The summed E-state index contributed by atoms with van der Waals surface area (Å²) >= 11 is 0. The summed E-state index contributed by atoms with van der Waals surface area (Å²) < 4.78 is 41.4. The second-order valence-corrected chi connectivity index (χ2v) is 11.1. The number of ketones is 1. The Hall–Kier alpha value is -2.02. The van der Waals surface area contributed by atoms with Crippen molar-refractivity contribution in [3.63, 3.8) is 0 Å². The highest BCUT2D eigenvalue weighted by Gasteiger charge is 2.43.